The number of benzene rings is 3. The van der Waals surface area contributed by atoms with Crippen LogP contribution in [-0.2, 0) is 6.42 Å². The van der Waals surface area contributed by atoms with Gasteiger partial charge in [-0.3, -0.25) is 9.78 Å². The van der Waals surface area contributed by atoms with E-state index in [9.17, 15) is 4.79 Å². The molecule has 0 spiro atoms. The Kier molecular flexibility index (Phi) is 6.32. The SMILES string of the molecule is Cc1ccc(CCN[C@@H](C(=O)c2c[nH]c3cc(-c4ccccn4)ccc23)c2ccccc2)cc1. The number of Topliss-reactive ketones (excluding diaryl/α,β-unsaturated/α-hetero) is 1. The zero-order valence-electron chi connectivity index (χ0n) is 19.2. The first kappa shape index (κ1) is 21.8. The Hall–Kier alpha value is -4.02. The second-order valence-electron chi connectivity index (χ2n) is 8.58. The highest BCUT2D eigenvalue weighted by atomic mass is 16.1. The topological polar surface area (TPSA) is 57.8 Å². The van der Waals surface area contributed by atoms with Crippen LogP contribution in [0.5, 0.6) is 0 Å². The number of rotatable bonds is 8. The molecule has 0 bridgehead atoms. The fourth-order valence-electron chi connectivity index (χ4n) is 4.30. The molecule has 0 aliphatic carbocycles. The predicted octanol–water partition coefficient (Wildman–Crippen LogP) is 6.29. The number of aromatic nitrogens is 2. The van der Waals surface area contributed by atoms with Crippen LogP contribution in [0.4, 0.5) is 0 Å². The van der Waals surface area contributed by atoms with Crippen molar-refractivity contribution in [1.29, 1.82) is 0 Å². The van der Waals surface area contributed by atoms with Crippen molar-refractivity contribution in [2.24, 2.45) is 0 Å². The molecule has 0 fully saturated rings. The maximum absolute atomic E-state index is 13.8. The van der Waals surface area contributed by atoms with E-state index in [-0.39, 0.29) is 5.78 Å². The smallest absolute Gasteiger partial charge is 0.186 e. The lowest BCUT2D eigenvalue weighted by Gasteiger charge is -2.18. The lowest BCUT2D eigenvalue weighted by Crippen LogP contribution is -2.30. The Labute approximate surface area is 199 Å². The zero-order valence-corrected chi connectivity index (χ0v) is 19.2. The van der Waals surface area contributed by atoms with E-state index in [1.165, 1.54) is 11.1 Å². The molecule has 2 N–H and O–H groups in total. The molecule has 5 aromatic rings. The second-order valence-corrected chi connectivity index (χ2v) is 8.58. The van der Waals surface area contributed by atoms with E-state index in [1.807, 2.05) is 66.9 Å². The lowest BCUT2D eigenvalue weighted by molar-refractivity contribution is 0.0945. The molecule has 2 aromatic heterocycles. The minimum atomic E-state index is -0.416. The minimum absolute atomic E-state index is 0.0620. The molecule has 0 saturated heterocycles. The van der Waals surface area contributed by atoms with E-state index < -0.39 is 6.04 Å². The van der Waals surface area contributed by atoms with Gasteiger partial charge in [-0.25, -0.2) is 0 Å². The Bertz CT molecular complexity index is 1390. The van der Waals surface area contributed by atoms with Crippen molar-refractivity contribution in [3.8, 4) is 11.3 Å². The lowest BCUT2D eigenvalue weighted by atomic mass is 9.96. The van der Waals surface area contributed by atoms with Crippen molar-refractivity contribution < 1.29 is 4.79 Å². The predicted molar refractivity (Wildman–Crippen MR) is 138 cm³/mol. The molecule has 2 heterocycles. The van der Waals surface area contributed by atoms with E-state index in [2.05, 4.69) is 52.5 Å². The molecule has 5 rings (SSSR count). The van der Waals surface area contributed by atoms with Gasteiger partial charge in [-0.05, 0) is 42.7 Å². The van der Waals surface area contributed by atoms with Crippen molar-refractivity contribution in [3.05, 3.63) is 126 Å². The van der Waals surface area contributed by atoms with Gasteiger partial charge in [0.25, 0.3) is 0 Å². The Morgan fingerprint density at radius 1 is 0.941 bits per heavy atom. The Balaban J connectivity index is 1.40. The standard InChI is InChI=1S/C30H27N3O/c1-21-10-12-22(13-11-21)16-18-32-29(23-7-3-2-4-8-23)30(34)26-20-33-28-19-24(14-15-25(26)28)27-9-5-6-17-31-27/h2-15,17,19-20,29,32-33H,16,18H2,1H3/t29-/m1/s1. The van der Waals surface area contributed by atoms with Gasteiger partial charge in [-0.2, -0.15) is 0 Å². The number of aromatic amines is 1. The van der Waals surface area contributed by atoms with Crippen LogP contribution in [0, 0.1) is 6.92 Å². The molecule has 1 atom stereocenters. The number of pyridine rings is 1. The summed E-state index contributed by atoms with van der Waals surface area (Å²) in [5.74, 6) is 0.0620. The highest BCUT2D eigenvalue weighted by Gasteiger charge is 2.24. The second kappa shape index (κ2) is 9.86. The fraction of sp³-hybridized carbons (Fsp3) is 0.133. The van der Waals surface area contributed by atoms with Crippen LogP contribution in [0.15, 0.2) is 103 Å². The number of carbonyl (C=O) groups is 1. The van der Waals surface area contributed by atoms with Gasteiger partial charge in [0.15, 0.2) is 5.78 Å². The number of aryl methyl sites for hydroxylation is 1. The number of carbonyl (C=O) groups excluding carboxylic acids is 1. The third kappa shape index (κ3) is 4.68. The van der Waals surface area contributed by atoms with Gasteiger partial charge in [0, 0.05) is 41.0 Å². The van der Waals surface area contributed by atoms with E-state index in [1.54, 1.807) is 6.20 Å². The summed E-state index contributed by atoms with van der Waals surface area (Å²) in [6.45, 7) is 2.80. The molecule has 0 aliphatic rings. The van der Waals surface area contributed by atoms with Crippen molar-refractivity contribution >= 4 is 16.7 Å². The van der Waals surface area contributed by atoms with Crippen LogP contribution >= 0.6 is 0 Å². The number of hydrogen-bond donors (Lipinski definition) is 2. The summed E-state index contributed by atoms with van der Waals surface area (Å²) >= 11 is 0. The Morgan fingerprint density at radius 2 is 1.74 bits per heavy atom. The maximum Gasteiger partial charge on any atom is 0.186 e. The molecule has 4 heteroatoms. The highest BCUT2D eigenvalue weighted by molar-refractivity contribution is 6.11. The van der Waals surface area contributed by atoms with Crippen molar-refractivity contribution in [2.45, 2.75) is 19.4 Å². The molecule has 4 nitrogen and oxygen atoms in total. The number of H-pyrrole nitrogens is 1. The minimum Gasteiger partial charge on any atom is -0.360 e. The van der Waals surface area contributed by atoms with Crippen molar-refractivity contribution in [1.82, 2.24) is 15.3 Å². The molecule has 34 heavy (non-hydrogen) atoms. The van der Waals surface area contributed by atoms with Crippen LogP contribution in [0.1, 0.15) is 33.1 Å². The van der Waals surface area contributed by atoms with Gasteiger partial charge in [0.05, 0.1) is 11.7 Å². The van der Waals surface area contributed by atoms with Gasteiger partial charge in [0.1, 0.15) is 0 Å². The summed E-state index contributed by atoms with van der Waals surface area (Å²) < 4.78 is 0. The molecular formula is C30H27N3O. The van der Waals surface area contributed by atoms with Crippen molar-refractivity contribution in [2.75, 3.05) is 6.54 Å². The highest BCUT2D eigenvalue weighted by Crippen LogP contribution is 2.28. The molecule has 0 saturated carbocycles. The quantitative estimate of drug-likeness (QED) is 0.276. The van der Waals surface area contributed by atoms with Gasteiger partial charge >= 0.3 is 0 Å². The van der Waals surface area contributed by atoms with Crippen molar-refractivity contribution in [3.63, 3.8) is 0 Å². The summed E-state index contributed by atoms with van der Waals surface area (Å²) in [7, 11) is 0. The van der Waals surface area contributed by atoms with Gasteiger partial charge in [-0.15, -0.1) is 0 Å². The van der Waals surface area contributed by atoms with E-state index in [0.29, 0.717) is 12.1 Å². The summed E-state index contributed by atoms with van der Waals surface area (Å²) in [5, 5.41) is 4.44. The molecule has 3 aromatic carbocycles. The molecule has 168 valence electrons. The molecule has 0 radical (unpaired) electrons. The summed E-state index contributed by atoms with van der Waals surface area (Å²) in [5.41, 5.74) is 7.02. The number of hydrogen-bond acceptors (Lipinski definition) is 3. The third-order valence-corrected chi connectivity index (χ3v) is 6.19. The van der Waals surface area contributed by atoms with Gasteiger partial charge < -0.3 is 10.3 Å². The number of ketones is 1. The first-order chi connectivity index (χ1) is 16.7. The average molecular weight is 446 g/mol. The van der Waals surface area contributed by atoms with E-state index in [0.717, 1.165) is 34.1 Å². The summed E-state index contributed by atoms with van der Waals surface area (Å²) in [6.07, 6.45) is 4.47. The molecular weight excluding hydrogens is 418 g/mol. The van der Waals surface area contributed by atoms with Crippen LogP contribution in [0.25, 0.3) is 22.2 Å². The van der Waals surface area contributed by atoms with Crippen LogP contribution in [-0.4, -0.2) is 22.3 Å². The maximum atomic E-state index is 13.8. The first-order valence-corrected chi connectivity index (χ1v) is 11.6. The summed E-state index contributed by atoms with van der Waals surface area (Å²) in [6, 6.07) is 30.0. The normalized spacial score (nSPS) is 12.0. The van der Waals surface area contributed by atoms with Crippen LogP contribution in [0.3, 0.4) is 0 Å². The van der Waals surface area contributed by atoms with Gasteiger partial charge in [-0.1, -0.05) is 78.4 Å². The third-order valence-electron chi connectivity index (χ3n) is 6.19. The average Bonchev–Trinajstić information content (AvgIpc) is 3.32. The summed E-state index contributed by atoms with van der Waals surface area (Å²) in [4.78, 5) is 21.5. The number of nitrogens with zero attached hydrogens (tertiary/aromatic N) is 1. The Morgan fingerprint density at radius 3 is 2.50 bits per heavy atom. The monoisotopic (exact) mass is 445 g/mol. The largest absolute Gasteiger partial charge is 0.360 e. The first-order valence-electron chi connectivity index (χ1n) is 11.6. The van der Waals surface area contributed by atoms with Crippen LogP contribution < -0.4 is 5.32 Å². The fourth-order valence-corrected chi connectivity index (χ4v) is 4.30. The van der Waals surface area contributed by atoms with Crippen LogP contribution in [0.2, 0.25) is 0 Å². The number of fused-ring (bicyclic) bond motifs is 1. The molecule has 0 unspecified atom stereocenters. The van der Waals surface area contributed by atoms with E-state index >= 15 is 0 Å². The van der Waals surface area contributed by atoms with Gasteiger partial charge in [0.2, 0.25) is 0 Å². The molecule has 0 aliphatic heterocycles. The van der Waals surface area contributed by atoms with E-state index in [4.69, 9.17) is 0 Å². The molecule has 0 amide bonds. The number of nitrogens with one attached hydrogen (secondary N) is 2. The zero-order chi connectivity index (χ0) is 23.3.